The number of anilines is 1. The van der Waals surface area contributed by atoms with Crippen LogP contribution < -0.4 is 5.73 Å². The van der Waals surface area contributed by atoms with E-state index in [-0.39, 0.29) is 33.4 Å². The van der Waals surface area contributed by atoms with Crippen molar-refractivity contribution >= 4 is 32.8 Å². The Hall–Kier alpha value is -2.23. The van der Waals surface area contributed by atoms with Crippen LogP contribution >= 0.6 is 15.9 Å². The molecule has 120 valence electrons. The van der Waals surface area contributed by atoms with E-state index >= 15 is 0 Å². The second-order valence-electron chi connectivity index (χ2n) is 4.86. The first-order valence-corrected chi connectivity index (χ1v) is 7.15. The highest BCUT2D eigenvalue weighted by molar-refractivity contribution is 9.10. The number of halogens is 4. The smallest absolute Gasteiger partial charge is 0.396 e. The van der Waals surface area contributed by atoms with Gasteiger partial charge < -0.3 is 5.73 Å². The highest BCUT2D eigenvalue weighted by Gasteiger charge is 2.33. The number of hydrogen-bond donors (Lipinski definition) is 1. The molecule has 10 heteroatoms. The lowest BCUT2D eigenvalue weighted by atomic mass is 10.0. The van der Waals surface area contributed by atoms with Crippen LogP contribution in [0.1, 0.15) is 22.5 Å². The van der Waals surface area contributed by atoms with Crippen molar-refractivity contribution < 1.29 is 17.8 Å². The van der Waals surface area contributed by atoms with Crippen LogP contribution in [0.5, 0.6) is 0 Å². The number of pyridine rings is 2. The number of alkyl halides is 3. The molecule has 0 fully saturated rings. The minimum Gasteiger partial charge on any atom is -0.396 e. The van der Waals surface area contributed by atoms with Gasteiger partial charge in [0.15, 0.2) is 5.52 Å². The Morgan fingerprint density at radius 2 is 2.04 bits per heavy atom. The van der Waals surface area contributed by atoms with E-state index in [4.69, 9.17) is 5.73 Å². The maximum atomic E-state index is 13.0. The largest absolute Gasteiger partial charge is 0.417 e. The summed E-state index contributed by atoms with van der Waals surface area (Å²) in [5, 5.41) is 7.25. The van der Waals surface area contributed by atoms with Crippen LogP contribution in [0.25, 0.3) is 11.2 Å². The monoisotopic (exact) mass is 387 g/mol. The van der Waals surface area contributed by atoms with Gasteiger partial charge in [0.2, 0.25) is 5.65 Å². The summed E-state index contributed by atoms with van der Waals surface area (Å²) in [5.74, 6) is 0. The third-order valence-electron chi connectivity index (χ3n) is 3.34. The predicted octanol–water partition coefficient (Wildman–Crippen LogP) is 3.28. The molecule has 3 rings (SSSR count). The molecule has 0 spiro atoms. The number of aryl methyl sites for hydroxylation is 1. The predicted molar refractivity (Wildman–Crippen MR) is 78.5 cm³/mol. The first-order valence-electron chi connectivity index (χ1n) is 6.36. The van der Waals surface area contributed by atoms with Crippen molar-refractivity contribution in [2.24, 2.45) is 0 Å². The molecule has 3 aromatic heterocycles. The van der Waals surface area contributed by atoms with E-state index in [2.05, 4.69) is 40.8 Å². The molecule has 0 aliphatic rings. The van der Waals surface area contributed by atoms with Gasteiger partial charge in [0.25, 0.3) is 0 Å². The maximum Gasteiger partial charge on any atom is 0.417 e. The molecule has 0 aliphatic heterocycles. The molecule has 0 radical (unpaired) electrons. The van der Waals surface area contributed by atoms with Gasteiger partial charge in [-0.25, -0.2) is 9.61 Å². The molecule has 3 aromatic rings. The van der Waals surface area contributed by atoms with E-state index in [1.54, 1.807) is 6.92 Å². The number of aromatic nitrogens is 4. The van der Waals surface area contributed by atoms with Crippen LogP contribution in [0, 0.1) is 6.92 Å². The van der Waals surface area contributed by atoms with Crippen LogP contribution in [0.2, 0.25) is 0 Å². The summed E-state index contributed by atoms with van der Waals surface area (Å²) in [7, 11) is 0. The topological polar surface area (TPSA) is 90.7 Å². The summed E-state index contributed by atoms with van der Waals surface area (Å²) in [5.41, 5.74) is 7.29. The number of nitrogens with zero attached hydrogens (tertiary/aromatic N) is 4. The summed E-state index contributed by atoms with van der Waals surface area (Å²) in [4.78, 5) is 8.18. The van der Waals surface area contributed by atoms with Gasteiger partial charge in [-0.1, -0.05) is 0 Å². The third kappa shape index (κ3) is 2.85. The Morgan fingerprint density at radius 3 is 2.74 bits per heavy atom. The van der Waals surface area contributed by atoms with Crippen LogP contribution in [-0.2, 0) is 12.6 Å². The summed E-state index contributed by atoms with van der Waals surface area (Å²) in [6.45, 7) is 1.68. The fraction of sp³-hybridized carbons (Fsp3) is 0.231. The number of hydrogen-bond acceptors (Lipinski definition) is 6. The number of nitrogen functional groups attached to an aromatic ring is 1. The fourth-order valence-electron chi connectivity index (χ4n) is 2.19. The highest BCUT2D eigenvalue weighted by Crippen LogP contribution is 2.35. The maximum absolute atomic E-state index is 13.0. The normalized spacial score (nSPS) is 12.0. The van der Waals surface area contributed by atoms with Crippen LogP contribution in [-0.4, -0.2) is 20.3 Å². The van der Waals surface area contributed by atoms with Crippen molar-refractivity contribution in [2.45, 2.75) is 19.5 Å². The molecule has 0 aromatic carbocycles. The molecule has 0 amide bonds. The standard InChI is InChI=1S/C13H9BrF3N5O/c1-5-7(10(18)11-12(20-5)22-23-21-11)2-6-3-8(13(15,16)17)9(14)4-19-6/h3-4H,2,18H2,1H3. The SMILES string of the molecule is Cc1nc2nonc2c(N)c1Cc1cc(C(F)(F)F)c(Br)cn1. The van der Waals surface area contributed by atoms with Crippen molar-refractivity contribution in [1.82, 2.24) is 20.3 Å². The number of fused-ring (bicyclic) bond motifs is 1. The van der Waals surface area contributed by atoms with E-state index in [1.165, 1.54) is 0 Å². The van der Waals surface area contributed by atoms with E-state index < -0.39 is 11.7 Å². The average molecular weight is 388 g/mol. The van der Waals surface area contributed by atoms with Crippen molar-refractivity contribution in [2.75, 3.05) is 5.73 Å². The molecule has 0 saturated carbocycles. The van der Waals surface area contributed by atoms with Crippen molar-refractivity contribution in [3.05, 3.63) is 39.3 Å². The zero-order chi connectivity index (χ0) is 16.8. The second kappa shape index (κ2) is 5.44. The lowest BCUT2D eigenvalue weighted by molar-refractivity contribution is -0.138. The van der Waals surface area contributed by atoms with Gasteiger partial charge in [-0.15, -0.1) is 0 Å². The van der Waals surface area contributed by atoms with Crippen LogP contribution in [0.3, 0.4) is 0 Å². The first kappa shape index (κ1) is 15.7. The molecule has 2 N–H and O–H groups in total. The van der Waals surface area contributed by atoms with E-state index in [0.29, 0.717) is 11.3 Å². The number of nitrogens with two attached hydrogens (primary N) is 1. The summed E-state index contributed by atoms with van der Waals surface area (Å²) >= 11 is 2.86. The third-order valence-corrected chi connectivity index (χ3v) is 3.97. The molecular formula is C13H9BrF3N5O. The minimum atomic E-state index is -4.48. The van der Waals surface area contributed by atoms with Gasteiger partial charge in [0, 0.05) is 34.0 Å². The molecule has 23 heavy (non-hydrogen) atoms. The van der Waals surface area contributed by atoms with Crippen molar-refractivity contribution in [3.8, 4) is 0 Å². The summed E-state index contributed by atoms with van der Waals surface area (Å²) < 4.78 is 43.4. The van der Waals surface area contributed by atoms with Gasteiger partial charge in [-0.05, 0) is 39.2 Å². The highest BCUT2D eigenvalue weighted by atomic mass is 79.9. The zero-order valence-electron chi connectivity index (χ0n) is 11.6. The average Bonchev–Trinajstić information content (AvgIpc) is 2.92. The van der Waals surface area contributed by atoms with Crippen LogP contribution in [0.15, 0.2) is 21.4 Å². The van der Waals surface area contributed by atoms with Crippen molar-refractivity contribution in [3.63, 3.8) is 0 Å². The molecule has 3 heterocycles. The van der Waals surface area contributed by atoms with E-state index in [0.717, 1.165) is 12.3 Å². The molecule has 0 aliphatic carbocycles. The van der Waals surface area contributed by atoms with E-state index in [1.807, 2.05) is 0 Å². The van der Waals surface area contributed by atoms with Crippen LogP contribution in [0.4, 0.5) is 18.9 Å². The quantitative estimate of drug-likeness (QED) is 0.725. The first-order chi connectivity index (χ1) is 10.8. The Balaban J connectivity index is 2.06. The van der Waals surface area contributed by atoms with Gasteiger partial charge in [0.05, 0.1) is 11.3 Å². The molecule has 0 saturated heterocycles. The lowest BCUT2D eigenvalue weighted by Gasteiger charge is -2.12. The second-order valence-corrected chi connectivity index (χ2v) is 5.71. The molecular weight excluding hydrogens is 379 g/mol. The Morgan fingerprint density at radius 1 is 1.30 bits per heavy atom. The Labute approximate surface area is 136 Å². The molecule has 6 nitrogen and oxygen atoms in total. The minimum absolute atomic E-state index is 0.0871. The summed E-state index contributed by atoms with van der Waals surface area (Å²) in [6, 6.07) is 0.980. The number of rotatable bonds is 2. The fourth-order valence-corrected chi connectivity index (χ4v) is 2.63. The van der Waals surface area contributed by atoms with Crippen molar-refractivity contribution in [1.29, 1.82) is 0 Å². The zero-order valence-corrected chi connectivity index (χ0v) is 13.2. The Kier molecular flexibility index (Phi) is 3.71. The van der Waals surface area contributed by atoms with Gasteiger partial charge in [-0.3, -0.25) is 4.98 Å². The lowest BCUT2D eigenvalue weighted by Crippen LogP contribution is -2.09. The molecule has 0 atom stereocenters. The Bertz CT molecular complexity index is 893. The van der Waals surface area contributed by atoms with E-state index in [9.17, 15) is 13.2 Å². The molecule has 0 unspecified atom stereocenters. The van der Waals surface area contributed by atoms with Gasteiger partial charge in [0.1, 0.15) is 0 Å². The van der Waals surface area contributed by atoms with Gasteiger partial charge >= 0.3 is 6.18 Å². The van der Waals surface area contributed by atoms with Gasteiger partial charge in [-0.2, -0.15) is 13.2 Å². The summed E-state index contributed by atoms with van der Waals surface area (Å²) in [6.07, 6.45) is -3.27. The molecule has 0 bridgehead atoms.